The van der Waals surface area contributed by atoms with Gasteiger partial charge in [0.1, 0.15) is 0 Å². The van der Waals surface area contributed by atoms with Crippen LogP contribution in [-0.4, -0.2) is 38.2 Å². The molecule has 0 radical (unpaired) electrons. The van der Waals surface area contributed by atoms with Gasteiger partial charge in [0.05, 0.1) is 0 Å². The van der Waals surface area contributed by atoms with Crippen molar-refractivity contribution in [3.63, 3.8) is 0 Å². The van der Waals surface area contributed by atoms with Crippen LogP contribution >= 0.6 is 0 Å². The topological polar surface area (TPSA) is 66.5 Å². The van der Waals surface area contributed by atoms with Crippen LogP contribution in [0.3, 0.4) is 0 Å². The van der Waals surface area contributed by atoms with Gasteiger partial charge in [-0.15, -0.1) is 0 Å². The summed E-state index contributed by atoms with van der Waals surface area (Å²) >= 11 is -1.11. The first-order chi connectivity index (χ1) is 11.9. The van der Waals surface area contributed by atoms with E-state index in [1.807, 2.05) is 37.2 Å². The molecule has 3 aromatic rings. The third-order valence-electron chi connectivity index (χ3n) is 3.86. The number of sulfonamides is 1. The van der Waals surface area contributed by atoms with Gasteiger partial charge in [-0.3, -0.25) is 0 Å². The first kappa shape index (κ1) is 17.6. The quantitative estimate of drug-likeness (QED) is 0.649. The number of nitrogens with one attached hydrogen (secondary N) is 1. The molecule has 25 heavy (non-hydrogen) atoms. The Bertz CT molecular complexity index is 1030. The summed E-state index contributed by atoms with van der Waals surface area (Å²) in [5.41, 5.74) is 1.40. The predicted octanol–water partition coefficient (Wildman–Crippen LogP) is 2.38. The Morgan fingerprint density at radius 1 is 0.880 bits per heavy atom. The number of nitrogens with zero attached hydrogens (tertiary/aromatic N) is 1. The van der Waals surface area contributed by atoms with Gasteiger partial charge in [0, 0.05) is 0 Å². The third-order valence-corrected chi connectivity index (χ3v) is 6.36. The van der Waals surface area contributed by atoms with Crippen LogP contribution in [0.1, 0.15) is 0 Å². The second-order valence-corrected chi connectivity index (χ2v) is 8.88. The maximum atomic E-state index is 12.9. The molecule has 0 spiro atoms. The molecule has 1 N–H and O–H groups in total. The Labute approximate surface area is 153 Å². The Balaban J connectivity index is 2.07. The van der Waals surface area contributed by atoms with Crippen molar-refractivity contribution >= 4 is 52.2 Å². The van der Waals surface area contributed by atoms with Crippen LogP contribution < -0.4 is 14.0 Å². The van der Waals surface area contributed by atoms with Gasteiger partial charge in [0.25, 0.3) is 0 Å². The minimum atomic E-state index is -3.74. The van der Waals surface area contributed by atoms with Crippen LogP contribution in [0, 0.1) is 0 Å². The van der Waals surface area contributed by atoms with Crippen molar-refractivity contribution in [1.29, 1.82) is 0 Å². The van der Waals surface area contributed by atoms with E-state index < -0.39 is 25.7 Å². The second-order valence-electron chi connectivity index (χ2n) is 5.77. The van der Waals surface area contributed by atoms with Gasteiger partial charge in [0.2, 0.25) is 0 Å². The van der Waals surface area contributed by atoms with E-state index in [4.69, 9.17) is 0 Å². The molecular formula is C18H17AsN2O3S. The number of rotatable bonds is 5. The Kier molecular flexibility index (Phi) is 4.93. The molecular weight excluding hydrogens is 399 g/mol. The van der Waals surface area contributed by atoms with E-state index in [0.717, 1.165) is 11.1 Å². The molecule has 0 atom stereocenters. The summed E-state index contributed by atoms with van der Waals surface area (Å²) in [5.74, 6) is 0. The molecule has 0 aliphatic carbocycles. The molecule has 7 heteroatoms. The van der Waals surface area contributed by atoms with Crippen molar-refractivity contribution in [1.82, 2.24) is 0 Å². The zero-order chi connectivity index (χ0) is 18.0. The zero-order valence-corrected chi connectivity index (χ0v) is 16.5. The summed E-state index contributed by atoms with van der Waals surface area (Å²) in [6, 6.07) is 17.4. The van der Waals surface area contributed by atoms with Gasteiger partial charge in [-0.25, -0.2) is 0 Å². The maximum absolute atomic E-state index is 12.9. The summed E-state index contributed by atoms with van der Waals surface area (Å²) in [4.78, 5) is 2.18. The number of anilines is 2. The molecule has 128 valence electrons. The molecule has 0 unspecified atom stereocenters. The average molecular weight is 416 g/mol. The van der Waals surface area contributed by atoms with E-state index in [1.54, 1.807) is 42.5 Å². The van der Waals surface area contributed by atoms with Gasteiger partial charge in [-0.2, -0.15) is 0 Å². The molecule has 3 aromatic carbocycles. The van der Waals surface area contributed by atoms with Gasteiger partial charge in [-0.05, 0) is 0 Å². The van der Waals surface area contributed by atoms with Crippen molar-refractivity contribution in [3.8, 4) is 0 Å². The fourth-order valence-electron chi connectivity index (χ4n) is 2.69. The molecule has 0 amide bonds. The number of hydrogen-bond donors (Lipinski definition) is 1. The number of hydrogen-bond acceptors (Lipinski definition) is 4. The number of fused-ring (bicyclic) bond motifs is 1. The molecule has 0 aromatic heterocycles. The van der Waals surface area contributed by atoms with Gasteiger partial charge in [-0.1, -0.05) is 0 Å². The molecule has 0 saturated carbocycles. The molecule has 0 heterocycles. The van der Waals surface area contributed by atoms with Crippen molar-refractivity contribution in [2.24, 2.45) is 0 Å². The van der Waals surface area contributed by atoms with E-state index in [1.165, 1.54) is 0 Å². The standard InChI is InChI=1S/C18H17AsN2O3S/c1-21(2)17-7-3-6-16-15(17)5-4-8-18(16)25(23,24)20-14-11-9-13(19-22)10-12-14/h3-12,20H,1-2H3. The van der Waals surface area contributed by atoms with Crippen molar-refractivity contribution in [2.75, 3.05) is 23.7 Å². The van der Waals surface area contributed by atoms with Crippen LogP contribution in [0.2, 0.25) is 0 Å². The van der Waals surface area contributed by atoms with Crippen molar-refractivity contribution in [3.05, 3.63) is 60.7 Å². The van der Waals surface area contributed by atoms with Crippen LogP contribution in [-0.2, 0) is 13.8 Å². The monoisotopic (exact) mass is 416 g/mol. The van der Waals surface area contributed by atoms with E-state index in [0.29, 0.717) is 15.4 Å². The Morgan fingerprint density at radius 2 is 1.52 bits per heavy atom. The van der Waals surface area contributed by atoms with Crippen LogP contribution in [0.5, 0.6) is 0 Å². The van der Waals surface area contributed by atoms with E-state index in [2.05, 4.69) is 4.72 Å². The molecule has 0 aliphatic heterocycles. The first-order valence-electron chi connectivity index (χ1n) is 7.58. The Hall–Kier alpha value is -2.17. The van der Waals surface area contributed by atoms with Crippen molar-refractivity contribution in [2.45, 2.75) is 4.90 Å². The summed E-state index contributed by atoms with van der Waals surface area (Å²) in [6.45, 7) is 0. The minimum absolute atomic E-state index is 0.230. The van der Waals surface area contributed by atoms with Gasteiger partial charge >= 0.3 is 154 Å². The first-order valence-corrected chi connectivity index (χ1v) is 10.8. The van der Waals surface area contributed by atoms with Crippen molar-refractivity contribution < 1.29 is 12.2 Å². The van der Waals surface area contributed by atoms with E-state index >= 15 is 0 Å². The fourth-order valence-corrected chi connectivity index (χ4v) is 4.54. The third kappa shape index (κ3) is 3.60. The van der Waals surface area contributed by atoms with Crippen LogP contribution in [0.4, 0.5) is 11.4 Å². The normalized spacial score (nSPS) is 11.6. The summed E-state index contributed by atoms with van der Waals surface area (Å²) in [7, 11) is 0.108. The van der Waals surface area contributed by atoms with E-state index in [-0.39, 0.29) is 4.90 Å². The fraction of sp³-hybridized carbons (Fsp3) is 0.111. The summed E-state index contributed by atoms with van der Waals surface area (Å²) in [5, 5.41) is 1.54. The molecule has 3 rings (SSSR count). The molecule has 0 aliphatic rings. The van der Waals surface area contributed by atoms with Gasteiger partial charge < -0.3 is 0 Å². The van der Waals surface area contributed by atoms with E-state index in [9.17, 15) is 12.2 Å². The van der Waals surface area contributed by atoms with Crippen LogP contribution in [0.25, 0.3) is 10.8 Å². The zero-order valence-electron chi connectivity index (χ0n) is 13.8. The van der Waals surface area contributed by atoms with Crippen LogP contribution in [0.15, 0.2) is 65.6 Å². The predicted molar refractivity (Wildman–Crippen MR) is 102 cm³/mol. The molecule has 0 fully saturated rings. The molecule has 0 saturated heterocycles. The second kappa shape index (κ2) is 6.98. The average Bonchev–Trinajstić information content (AvgIpc) is 2.60. The number of benzene rings is 3. The Morgan fingerprint density at radius 3 is 2.16 bits per heavy atom. The van der Waals surface area contributed by atoms with Gasteiger partial charge in [0.15, 0.2) is 0 Å². The summed E-state index contributed by atoms with van der Waals surface area (Å²) in [6.07, 6.45) is 0. The summed E-state index contributed by atoms with van der Waals surface area (Å²) < 4.78 is 40.0. The molecule has 5 nitrogen and oxygen atoms in total. The molecule has 0 bridgehead atoms. The SMILES string of the molecule is CN(C)c1cccc2c(S(=O)(=O)Nc3ccc([As]=O)cc3)cccc12.